The zero-order valence-electron chi connectivity index (χ0n) is 16.0. The van der Waals surface area contributed by atoms with E-state index in [4.69, 9.17) is 18.9 Å². The van der Waals surface area contributed by atoms with E-state index in [2.05, 4.69) is 4.99 Å². The van der Waals surface area contributed by atoms with E-state index >= 15 is 0 Å². The second-order valence-corrected chi connectivity index (χ2v) is 7.50. The van der Waals surface area contributed by atoms with Crippen molar-refractivity contribution in [2.24, 2.45) is 10.9 Å². The second-order valence-electron chi connectivity index (χ2n) is 6.38. The van der Waals surface area contributed by atoms with Crippen molar-refractivity contribution in [3.63, 3.8) is 0 Å². The van der Waals surface area contributed by atoms with Gasteiger partial charge in [0.15, 0.2) is 12.2 Å². The fourth-order valence-corrected chi connectivity index (χ4v) is 4.28. The molecule has 1 fully saturated rings. The molecule has 2 aliphatic rings. The van der Waals surface area contributed by atoms with Crippen LogP contribution in [0, 0.1) is 5.92 Å². The van der Waals surface area contributed by atoms with E-state index in [1.807, 2.05) is 26.0 Å². The Morgan fingerprint density at radius 2 is 1.78 bits per heavy atom. The van der Waals surface area contributed by atoms with Crippen LogP contribution in [0.1, 0.15) is 34.6 Å². The van der Waals surface area contributed by atoms with Gasteiger partial charge in [-0.25, -0.2) is 0 Å². The van der Waals surface area contributed by atoms with Gasteiger partial charge >= 0.3 is 17.9 Å². The van der Waals surface area contributed by atoms with Gasteiger partial charge in [0.1, 0.15) is 24.2 Å². The average Bonchev–Trinajstić information content (AvgIpc) is 2.98. The van der Waals surface area contributed by atoms with Crippen molar-refractivity contribution in [2.75, 3.05) is 6.61 Å². The number of aliphatic imine (C=N–C) groups is 1. The third-order valence-corrected chi connectivity index (χ3v) is 5.39. The molecule has 0 radical (unpaired) electrons. The topological polar surface area (TPSA) is 100 Å². The number of allylic oxidation sites excluding steroid dienone is 2. The maximum absolute atomic E-state index is 11.7. The summed E-state index contributed by atoms with van der Waals surface area (Å²) < 4.78 is 21.9. The Labute approximate surface area is 162 Å². The number of thioether (sulfide) groups is 1. The number of ether oxygens (including phenoxy) is 4. The normalized spacial score (nSPS) is 31.0. The third kappa shape index (κ3) is 5.55. The average molecular weight is 399 g/mol. The molecular formula is C18H25NO7S. The molecule has 0 bridgehead atoms. The quantitative estimate of drug-likeness (QED) is 0.379. The minimum Gasteiger partial charge on any atom is -0.463 e. The Kier molecular flexibility index (Phi) is 7.43. The number of fused-ring (bicyclic) bond motifs is 1. The van der Waals surface area contributed by atoms with Gasteiger partial charge in [0, 0.05) is 26.7 Å². The first kappa shape index (κ1) is 21.4. The SMILES string of the molecule is CC=CC(C)C1=N[C@@H]2[C@@H](OC(C)=O)[C@H](OC(C)=O)[C@@H](COC(C)=O)O[C@@H]2S1. The van der Waals surface area contributed by atoms with Gasteiger partial charge in [-0.3, -0.25) is 19.4 Å². The van der Waals surface area contributed by atoms with Crippen LogP contribution in [0.5, 0.6) is 0 Å². The number of carbonyl (C=O) groups excluding carboxylic acids is 3. The van der Waals surface area contributed by atoms with E-state index in [1.54, 1.807) is 0 Å². The maximum atomic E-state index is 11.7. The number of carbonyl (C=O) groups is 3. The number of nitrogens with zero attached hydrogens (tertiary/aromatic N) is 1. The van der Waals surface area contributed by atoms with Gasteiger partial charge < -0.3 is 18.9 Å². The number of rotatable bonds is 6. The lowest BCUT2D eigenvalue weighted by molar-refractivity contribution is -0.208. The van der Waals surface area contributed by atoms with Gasteiger partial charge in [-0.05, 0) is 6.92 Å². The minimum atomic E-state index is -0.923. The summed E-state index contributed by atoms with van der Waals surface area (Å²) in [6.07, 6.45) is 1.43. The first-order valence-corrected chi connectivity index (χ1v) is 9.61. The van der Waals surface area contributed by atoms with Gasteiger partial charge in [-0.1, -0.05) is 30.8 Å². The summed E-state index contributed by atoms with van der Waals surface area (Å²) in [4.78, 5) is 39.2. The molecule has 0 saturated carbocycles. The van der Waals surface area contributed by atoms with Crippen molar-refractivity contribution in [2.45, 2.75) is 64.4 Å². The molecule has 2 rings (SSSR count). The molecule has 2 heterocycles. The van der Waals surface area contributed by atoms with Crippen molar-refractivity contribution in [3.8, 4) is 0 Å². The molecule has 8 nitrogen and oxygen atoms in total. The van der Waals surface area contributed by atoms with Gasteiger partial charge in [-0.15, -0.1) is 0 Å². The molecule has 0 aromatic rings. The van der Waals surface area contributed by atoms with Crippen molar-refractivity contribution in [1.29, 1.82) is 0 Å². The summed E-state index contributed by atoms with van der Waals surface area (Å²) in [6, 6.07) is -0.514. The molecule has 2 aliphatic heterocycles. The van der Waals surface area contributed by atoms with Crippen molar-refractivity contribution in [3.05, 3.63) is 12.2 Å². The lowest BCUT2D eigenvalue weighted by Crippen LogP contribution is -2.59. The zero-order valence-corrected chi connectivity index (χ0v) is 16.9. The molecule has 27 heavy (non-hydrogen) atoms. The zero-order chi connectivity index (χ0) is 20.1. The summed E-state index contributed by atoms with van der Waals surface area (Å²) in [5, 5.41) is 0.843. The highest BCUT2D eigenvalue weighted by Crippen LogP contribution is 2.40. The Bertz CT molecular complexity index is 648. The Morgan fingerprint density at radius 1 is 1.15 bits per heavy atom. The van der Waals surface area contributed by atoms with E-state index in [1.165, 1.54) is 32.5 Å². The summed E-state index contributed by atoms with van der Waals surface area (Å²) in [7, 11) is 0. The van der Waals surface area contributed by atoms with Crippen LogP contribution in [-0.2, 0) is 33.3 Å². The molecule has 0 spiro atoms. The van der Waals surface area contributed by atoms with Crippen LogP contribution in [0.15, 0.2) is 17.1 Å². The molecule has 0 N–H and O–H groups in total. The Morgan fingerprint density at radius 3 is 2.33 bits per heavy atom. The second kappa shape index (κ2) is 9.36. The molecule has 1 unspecified atom stereocenters. The molecule has 9 heteroatoms. The molecule has 0 aromatic carbocycles. The summed E-state index contributed by atoms with van der Waals surface area (Å²) in [5.74, 6) is -1.47. The van der Waals surface area contributed by atoms with Gasteiger partial charge in [0.05, 0.1) is 5.04 Å². The van der Waals surface area contributed by atoms with E-state index in [0.717, 1.165) is 5.04 Å². The lowest BCUT2D eigenvalue weighted by Gasteiger charge is -2.41. The highest BCUT2D eigenvalue weighted by atomic mass is 32.2. The number of hydrogen-bond acceptors (Lipinski definition) is 9. The van der Waals surface area contributed by atoms with Crippen LogP contribution in [-0.4, -0.2) is 59.3 Å². The largest absolute Gasteiger partial charge is 0.463 e. The van der Waals surface area contributed by atoms with Crippen molar-refractivity contribution < 1.29 is 33.3 Å². The van der Waals surface area contributed by atoms with E-state index < -0.39 is 47.7 Å². The fourth-order valence-electron chi connectivity index (χ4n) is 3.01. The van der Waals surface area contributed by atoms with Crippen LogP contribution >= 0.6 is 11.8 Å². The molecular weight excluding hydrogens is 374 g/mol. The summed E-state index contributed by atoms with van der Waals surface area (Å²) in [5.41, 5.74) is -0.426. The van der Waals surface area contributed by atoms with E-state index in [0.29, 0.717) is 0 Å². The molecule has 150 valence electrons. The smallest absolute Gasteiger partial charge is 0.303 e. The van der Waals surface area contributed by atoms with Crippen LogP contribution in [0.4, 0.5) is 0 Å². The molecule has 0 aromatic heterocycles. The summed E-state index contributed by atoms with van der Waals surface area (Å²) in [6.45, 7) is 7.63. The molecule has 1 saturated heterocycles. The van der Waals surface area contributed by atoms with Crippen molar-refractivity contribution >= 4 is 34.7 Å². The molecule has 0 amide bonds. The number of esters is 3. The third-order valence-electron chi connectivity index (χ3n) is 4.05. The van der Waals surface area contributed by atoms with Gasteiger partial charge in [-0.2, -0.15) is 0 Å². The first-order chi connectivity index (χ1) is 12.7. The predicted octanol–water partition coefficient (Wildman–Crippen LogP) is 1.86. The highest BCUT2D eigenvalue weighted by molar-refractivity contribution is 8.14. The number of hydrogen-bond donors (Lipinski definition) is 0. The maximum Gasteiger partial charge on any atom is 0.303 e. The predicted molar refractivity (Wildman–Crippen MR) is 99.2 cm³/mol. The Hall–Kier alpha value is -1.87. The lowest BCUT2D eigenvalue weighted by atomic mass is 9.97. The van der Waals surface area contributed by atoms with Crippen molar-refractivity contribution in [1.82, 2.24) is 0 Å². The van der Waals surface area contributed by atoms with Gasteiger partial charge in [0.25, 0.3) is 0 Å². The molecule has 6 atom stereocenters. The van der Waals surface area contributed by atoms with Gasteiger partial charge in [0.2, 0.25) is 0 Å². The van der Waals surface area contributed by atoms with E-state index in [9.17, 15) is 14.4 Å². The van der Waals surface area contributed by atoms with Crippen LogP contribution < -0.4 is 0 Å². The van der Waals surface area contributed by atoms with Crippen LogP contribution in [0.25, 0.3) is 0 Å². The standard InChI is InChI=1S/C18H25NO7S/c1-6-7-9(2)17-19-14-16(25-12(5)22)15(24-11(4)21)13(8-23-10(3)20)26-18(14)27-17/h6-7,9,13-16,18H,8H2,1-5H3/t9?,13-,14-,15-,16-,18-/m1/s1. The first-order valence-electron chi connectivity index (χ1n) is 8.73. The minimum absolute atomic E-state index is 0.0753. The van der Waals surface area contributed by atoms with E-state index in [-0.39, 0.29) is 12.5 Å². The van der Waals surface area contributed by atoms with Crippen LogP contribution in [0.2, 0.25) is 0 Å². The molecule has 0 aliphatic carbocycles. The monoisotopic (exact) mass is 399 g/mol. The summed E-state index contributed by atoms with van der Waals surface area (Å²) >= 11 is 1.44. The Balaban J connectivity index is 2.32. The van der Waals surface area contributed by atoms with Crippen LogP contribution in [0.3, 0.4) is 0 Å². The highest BCUT2D eigenvalue weighted by Gasteiger charge is 2.53. The fraction of sp³-hybridized carbons (Fsp3) is 0.667.